The van der Waals surface area contributed by atoms with Crippen molar-refractivity contribution in [2.24, 2.45) is 24.8 Å². The number of benzene rings is 1. The van der Waals surface area contributed by atoms with Crippen LogP contribution in [0.1, 0.15) is 12.1 Å². The minimum Gasteiger partial charge on any atom is -0.481 e. The second kappa shape index (κ2) is 5.65. The number of fused-ring (bicyclic) bond motifs is 2. The zero-order valence-electron chi connectivity index (χ0n) is 14.2. The topological polar surface area (TPSA) is 76.3 Å². The van der Waals surface area contributed by atoms with E-state index >= 15 is 0 Å². The molecule has 2 bridgehead atoms. The van der Waals surface area contributed by atoms with Crippen molar-refractivity contribution in [2.75, 3.05) is 5.32 Å². The van der Waals surface area contributed by atoms with Crippen molar-refractivity contribution in [3.63, 3.8) is 0 Å². The Kier molecular flexibility index (Phi) is 3.56. The summed E-state index contributed by atoms with van der Waals surface area (Å²) in [5.41, 5.74) is 1.92. The molecule has 1 fully saturated rings. The third-order valence-electron chi connectivity index (χ3n) is 5.61. The van der Waals surface area contributed by atoms with E-state index in [1.54, 1.807) is 9.36 Å². The normalized spacial score (nSPS) is 27.0. The molecule has 1 aromatic carbocycles. The highest BCUT2D eigenvalue weighted by Crippen LogP contribution is 2.45. The van der Waals surface area contributed by atoms with Crippen molar-refractivity contribution in [2.45, 2.75) is 19.4 Å². The summed E-state index contributed by atoms with van der Waals surface area (Å²) in [4.78, 5) is 24.7. The number of carboxylic acid groups (broad SMARTS) is 1. The molecule has 130 valence electrons. The van der Waals surface area contributed by atoms with Crippen LogP contribution in [0.25, 0.3) is 5.69 Å². The molecule has 2 aliphatic rings. The van der Waals surface area contributed by atoms with E-state index in [2.05, 4.69) is 11.4 Å². The molecule has 4 atom stereocenters. The van der Waals surface area contributed by atoms with Crippen LogP contribution in [-0.4, -0.2) is 26.5 Å². The van der Waals surface area contributed by atoms with Gasteiger partial charge < -0.3 is 10.4 Å². The average molecular weight is 339 g/mol. The number of aliphatic carboxylic acids is 1. The molecule has 25 heavy (non-hydrogen) atoms. The quantitative estimate of drug-likeness (QED) is 0.837. The standard InChI is InChI=1S/C19H21N3O3/c1-11-16(18(23)22(21(11)2)14-6-4-3-5-7-14)20-17-13-9-8-12(10-13)15(17)19(24)25/h3-9,12-13,15,17,20H,10H2,1-2H3,(H,24,25)/t12-,13+,15-,17-/m0/s1. The monoisotopic (exact) mass is 339 g/mol. The molecule has 0 amide bonds. The van der Waals surface area contributed by atoms with E-state index in [-0.39, 0.29) is 23.4 Å². The number of carboxylic acids is 1. The van der Waals surface area contributed by atoms with Crippen LogP contribution < -0.4 is 10.9 Å². The Bertz CT molecular complexity index is 910. The van der Waals surface area contributed by atoms with Crippen LogP contribution in [0, 0.1) is 24.7 Å². The molecule has 2 aromatic rings. The van der Waals surface area contributed by atoms with Crippen molar-refractivity contribution in [1.29, 1.82) is 0 Å². The number of para-hydroxylation sites is 1. The number of nitrogens with zero attached hydrogens (tertiary/aromatic N) is 2. The highest BCUT2D eigenvalue weighted by molar-refractivity contribution is 5.74. The Morgan fingerprint density at radius 2 is 1.88 bits per heavy atom. The summed E-state index contributed by atoms with van der Waals surface area (Å²) < 4.78 is 3.41. The second-order valence-corrected chi connectivity index (χ2v) is 6.92. The van der Waals surface area contributed by atoms with Crippen LogP contribution in [-0.2, 0) is 11.8 Å². The van der Waals surface area contributed by atoms with Gasteiger partial charge >= 0.3 is 5.97 Å². The maximum atomic E-state index is 13.0. The molecule has 4 rings (SSSR count). The Morgan fingerprint density at radius 1 is 1.20 bits per heavy atom. The Balaban J connectivity index is 1.74. The SMILES string of the molecule is Cc1c(N[C@@H]2[C@@H](C(=O)O)[C@H]3C=C[C@@H]2C3)c(=O)n(-c2ccccc2)n1C. The lowest BCUT2D eigenvalue weighted by molar-refractivity contribution is -0.142. The first kappa shape index (κ1) is 15.7. The van der Waals surface area contributed by atoms with Crippen molar-refractivity contribution in [3.8, 4) is 5.69 Å². The molecular weight excluding hydrogens is 318 g/mol. The predicted molar refractivity (Wildman–Crippen MR) is 95.0 cm³/mol. The zero-order valence-corrected chi connectivity index (χ0v) is 14.2. The zero-order chi connectivity index (χ0) is 17.7. The molecule has 0 aliphatic heterocycles. The van der Waals surface area contributed by atoms with Gasteiger partial charge in [-0.3, -0.25) is 14.3 Å². The number of carbonyl (C=O) groups is 1. The van der Waals surface area contributed by atoms with Crippen LogP contribution in [0.5, 0.6) is 0 Å². The lowest BCUT2D eigenvalue weighted by Crippen LogP contribution is -2.39. The van der Waals surface area contributed by atoms with Crippen LogP contribution in [0.15, 0.2) is 47.3 Å². The average Bonchev–Trinajstić information content (AvgIpc) is 3.25. The number of rotatable bonds is 4. The van der Waals surface area contributed by atoms with E-state index in [1.807, 2.05) is 50.4 Å². The molecule has 1 aromatic heterocycles. The molecule has 6 heteroatoms. The lowest BCUT2D eigenvalue weighted by atomic mass is 9.89. The fourth-order valence-corrected chi connectivity index (χ4v) is 4.26. The van der Waals surface area contributed by atoms with Crippen LogP contribution in [0.2, 0.25) is 0 Å². The first-order valence-electron chi connectivity index (χ1n) is 8.50. The number of allylic oxidation sites excluding steroid dienone is 1. The van der Waals surface area contributed by atoms with Crippen molar-refractivity contribution in [3.05, 3.63) is 58.5 Å². The van der Waals surface area contributed by atoms with Gasteiger partial charge in [0.25, 0.3) is 5.56 Å². The van der Waals surface area contributed by atoms with Crippen molar-refractivity contribution >= 4 is 11.7 Å². The van der Waals surface area contributed by atoms with Crippen LogP contribution >= 0.6 is 0 Å². The molecule has 0 saturated heterocycles. The molecule has 6 nitrogen and oxygen atoms in total. The molecule has 0 spiro atoms. The van der Waals surface area contributed by atoms with E-state index in [0.29, 0.717) is 5.69 Å². The molecule has 2 aliphatic carbocycles. The van der Waals surface area contributed by atoms with Crippen LogP contribution in [0.4, 0.5) is 5.69 Å². The van der Waals surface area contributed by atoms with E-state index in [0.717, 1.165) is 17.8 Å². The second-order valence-electron chi connectivity index (χ2n) is 6.92. The lowest BCUT2D eigenvalue weighted by Gasteiger charge is -2.26. The van der Waals surface area contributed by atoms with Gasteiger partial charge in [-0.25, -0.2) is 4.68 Å². The fraction of sp³-hybridized carbons (Fsp3) is 0.368. The highest BCUT2D eigenvalue weighted by atomic mass is 16.4. The van der Waals surface area contributed by atoms with Gasteiger partial charge in [0.1, 0.15) is 5.69 Å². The Morgan fingerprint density at radius 3 is 2.56 bits per heavy atom. The summed E-state index contributed by atoms with van der Waals surface area (Å²) in [5, 5.41) is 12.9. The van der Waals surface area contributed by atoms with Crippen molar-refractivity contribution < 1.29 is 9.90 Å². The fourth-order valence-electron chi connectivity index (χ4n) is 4.26. The van der Waals surface area contributed by atoms with Gasteiger partial charge in [-0.1, -0.05) is 30.4 Å². The summed E-state index contributed by atoms with van der Waals surface area (Å²) in [6, 6.07) is 9.19. The third kappa shape index (κ3) is 2.32. The molecule has 0 unspecified atom stereocenters. The maximum Gasteiger partial charge on any atom is 0.309 e. The summed E-state index contributed by atoms with van der Waals surface area (Å²) in [6.07, 6.45) is 4.92. The number of hydrogen-bond acceptors (Lipinski definition) is 3. The summed E-state index contributed by atoms with van der Waals surface area (Å²) in [6.45, 7) is 1.88. The first-order chi connectivity index (χ1) is 12.0. The maximum absolute atomic E-state index is 13.0. The van der Waals surface area contributed by atoms with Gasteiger partial charge in [-0.05, 0) is 37.3 Å². The van der Waals surface area contributed by atoms with E-state index < -0.39 is 11.9 Å². The van der Waals surface area contributed by atoms with Gasteiger partial charge in [-0.2, -0.15) is 0 Å². The summed E-state index contributed by atoms with van der Waals surface area (Å²) in [7, 11) is 1.84. The molecular formula is C19H21N3O3. The van der Waals surface area contributed by atoms with E-state index in [9.17, 15) is 14.7 Å². The number of hydrogen-bond donors (Lipinski definition) is 2. The van der Waals surface area contributed by atoms with E-state index in [1.165, 1.54) is 0 Å². The van der Waals surface area contributed by atoms with Gasteiger partial charge in [0.15, 0.2) is 0 Å². The minimum absolute atomic E-state index is 0.0559. The largest absolute Gasteiger partial charge is 0.481 e. The van der Waals surface area contributed by atoms with Gasteiger partial charge in [0, 0.05) is 13.1 Å². The van der Waals surface area contributed by atoms with E-state index in [4.69, 9.17) is 0 Å². The first-order valence-corrected chi connectivity index (χ1v) is 8.50. The molecule has 0 radical (unpaired) electrons. The van der Waals surface area contributed by atoms with Gasteiger partial charge in [0.05, 0.1) is 17.3 Å². The smallest absolute Gasteiger partial charge is 0.309 e. The predicted octanol–water partition coefficient (Wildman–Crippen LogP) is 2.17. The number of nitrogens with one attached hydrogen (secondary N) is 1. The molecule has 2 N–H and O–H groups in total. The molecule has 1 saturated carbocycles. The van der Waals surface area contributed by atoms with Crippen LogP contribution in [0.3, 0.4) is 0 Å². The Labute approximate surface area is 145 Å². The minimum atomic E-state index is -0.800. The highest BCUT2D eigenvalue weighted by Gasteiger charge is 2.48. The number of anilines is 1. The summed E-state index contributed by atoms with van der Waals surface area (Å²) in [5.74, 6) is -1.07. The van der Waals surface area contributed by atoms with Gasteiger partial charge in [-0.15, -0.1) is 0 Å². The molecule has 1 heterocycles. The number of aromatic nitrogens is 2. The van der Waals surface area contributed by atoms with Crippen molar-refractivity contribution in [1.82, 2.24) is 9.36 Å². The summed E-state index contributed by atoms with van der Waals surface area (Å²) >= 11 is 0. The van der Waals surface area contributed by atoms with Gasteiger partial charge in [0.2, 0.25) is 0 Å². The Hall–Kier alpha value is -2.76. The third-order valence-corrected chi connectivity index (χ3v) is 5.61.